The molecule has 358 valence electrons. The molecular weight excluding hydrogens is 781 g/mol. The second kappa shape index (κ2) is 51.0. The van der Waals surface area contributed by atoms with Crippen LogP contribution in [0.4, 0.5) is 0 Å². The smallest absolute Gasteiger partial charge is 0.306 e. The van der Waals surface area contributed by atoms with E-state index in [0.29, 0.717) is 19.3 Å². The van der Waals surface area contributed by atoms with E-state index in [-0.39, 0.29) is 31.6 Å². The fourth-order valence-corrected chi connectivity index (χ4v) is 6.68. The minimum Gasteiger partial charge on any atom is -0.462 e. The van der Waals surface area contributed by atoms with Crippen LogP contribution in [-0.4, -0.2) is 37.2 Å². The van der Waals surface area contributed by atoms with Crippen LogP contribution in [-0.2, 0) is 28.6 Å². The molecule has 0 saturated carbocycles. The summed E-state index contributed by atoms with van der Waals surface area (Å²) in [5, 5.41) is 0. The molecule has 1 unspecified atom stereocenters. The molecule has 0 heterocycles. The number of ether oxygens (including phenoxy) is 3. The largest absolute Gasteiger partial charge is 0.462 e. The van der Waals surface area contributed by atoms with Crippen LogP contribution in [0.25, 0.3) is 0 Å². The van der Waals surface area contributed by atoms with Gasteiger partial charge >= 0.3 is 17.9 Å². The van der Waals surface area contributed by atoms with Crippen LogP contribution in [0.2, 0.25) is 0 Å². The third-order valence-corrected chi connectivity index (χ3v) is 10.6. The second-order valence-corrected chi connectivity index (χ2v) is 16.7. The number of esters is 3. The molecule has 0 aliphatic heterocycles. The molecule has 6 nitrogen and oxygen atoms in total. The number of allylic oxidation sites excluding steroid dienone is 16. The monoisotopic (exact) mass is 875 g/mol. The zero-order valence-electron chi connectivity index (χ0n) is 40.8. The van der Waals surface area contributed by atoms with Gasteiger partial charge in [-0.25, -0.2) is 0 Å². The Hall–Kier alpha value is -3.67. The van der Waals surface area contributed by atoms with Gasteiger partial charge in [-0.2, -0.15) is 0 Å². The van der Waals surface area contributed by atoms with Crippen LogP contribution in [0.3, 0.4) is 0 Å². The average Bonchev–Trinajstić information content (AvgIpc) is 3.28. The normalized spacial score (nSPS) is 12.9. The maximum absolute atomic E-state index is 12.7. The van der Waals surface area contributed by atoms with Gasteiger partial charge in [0.25, 0.3) is 0 Å². The van der Waals surface area contributed by atoms with Crippen molar-refractivity contribution in [3.8, 4) is 0 Å². The van der Waals surface area contributed by atoms with E-state index in [0.717, 1.165) is 103 Å². The first kappa shape index (κ1) is 59.3. The topological polar surface area (TPSA) is 78.9 Å². The summed E-state index contributed by atoms with van der Waals surface area (Å²) in [4.78, 5) is 37.9. The number of hydrogen-bond acceptors (Lipinski definition) is 6. The molecule has 63 heavy (non-hydrogen) atoms. The van der Waals surface area contributed by atoms with E-state index < -0.39 is 12.1 Å². The SMILES string of the molecule is CC/C=C\C/C=C\C/C=C\C/C=C\CCC(=O)OC(COC(=O)CCCCCCC/C=C\CCCC)COC(=O)CCCCCCCC/C=C\C/C=C\C/C=C\CCCCCCC. The second-order valence-electron chi connectivity index (χ2n) is 16.7. The molecule has 0 aromatic heterocycles. The van der Waals surface area contributed by atoms with Crippen molar-refractivity contribution in [2.24, 2.45) is 0 Å². The first-order chi connectivity index (χ1) is 31.0. The molecule has 0 aliphatic rings. The number of hydrogen-bond donors (Lipinski definition) is 0. The van der Waals surface area contributed by atoms with Crippen molar-refractivity contribution in [3.05, 3.63) is 97.2 Å². The lowest BCUT2D eigenvalue weighted by atomic mass is 10.1. The summed E-state index contributed by atoms with van der Waals surface area (Å²) in [6.07, 6.45) is 66.9. The van der Waals surface area contributed by atoms with Crippen molar-refractivity contribution < 1.29 is 28.6 Å². The van der Waals surface area contributed by atoms with Gasteiger partial charge in [-0.05, 0) is 103 Å². The lowest BCUT2D eigenvalue weighted by Crippen LogP contribution is -2.30. The van der Waals surface area contributed by atoms with Gasteiger partial charge in [-0.15, -0.1) is 0 Å². The highest BCUT2D eigenvalue weighted by Gasteiger charge is 2.19. The first-order valence-electron chi connectivity index (χ1n) is 25.7. The molecule has 6 heteroatoms. The van der Waals surface area contributed by atoms with Crippen LogP contribution < -0.4 is 0 Å². The van der Waals surface area contributed by atoms with Crippen LogP contribution in [0.1, 0.15) is 226 Å². The van der Waals surface area contributed by atoms with Crippen molar-refractivity contribution >= 4 is 17.9 Å². The van der Waals surface area contributed by atoms with Crippen molar-refractivity contribution in [2.75, 3.05) is 13.2 Å². The maximum atomic E-state index is 12.7. The molecule has 1 atom stereocenters. The lowest BCUT2D eigenvalue weighted by Gasteiger charge is -2.18. The van der Waals surface area contributed by atoms with Crippen molar-refractivity contribution in [2.45, 2.75) is 232 Å². The van der Waals surface area contributed by atoms with Gasteiger partial charge in [0.15, 0.2) is 6.10 Å². The third kappa shape index (κ3) is 49.2. The summed E-state index contributed by atoms with van der Waals surface area (Å²) in [6.45, 7) is 6.38. The summed E-state index contributed by atoms with van der Waals surface area (Å²) < 4.78 is 16.7. The van der Waals surface area contributed by atoms with Gasteiger partial charge in [-0.1, -0.05) is 201 Å². The summed E-state index contributed by atoms with van der Waals surface area (Å²) in [5.41, 5.74) is 0. The van der Waals surface area contributed by atoms with Crippen LogP contribution in [0, 0.1) is 0 Å². The molecule has 0 rings (SSSR count). The Morgan fingerprint density at radius 2 is 0.667 bits per heavy atom. The van der Waals surface area contributed by atoms with E-state index in [1.165, 1.54) is 77.0 Å². The molecule has 0 aromatic carbocycles. The van der Waals surface area contributed by atoms with E-state index >= 15 is 0 Å². The summed E-state index contributed by atoms with van der Waals surface area (Å²) >= 11 is 0. The van der Waals surface area contributed by atoms with Crippen LogP contribution in [0.5, 0.6) is 0 Å². The Kier molecular flexibility index (Phi) is 48.0. The minimum absolute atomic E-state index is 0.116. The Balaban J connectivity index is 4.43. The van der Waals surface area contributed by atoms with Crippen molar-refractivity contribution in [1.29, 1.82) is 0 Å². The summed E-state index contributed by atoms with van der Waals surface area (Å²) in [6, 6.07) is 0. The molecule has 0 amide bonds. The molecule has 0 fully saturated rings. The van der Waals surface area contributed by atoms with Gasteiger partial charge in [0.2, 0.25) is 0 Å². The van der Waals surface area contributed by atoms with Gasteiger partial charge in [0, 0.05) is 19.3 Å². The highest BCUT2D eigenvalue weighted by molar-refractivity contribution is 5.71. The zero-order valence-corrected chi connectivity index (χ0v) is 40.8. The molecule has 0 aromatic rings. The highest BCUT2D eigenvalue weighted by atomic mass is 16.6. The number of carbonyl (C=O) groups is 3. The fraction of sp³-hybridized carbons (Fsp3) is 0.667. The van der Waals surface area contributed by atoms with Gasteiger partial charge in [0.05, 0.1) is 0 Å². The number of carbonyl (C=O) groups excluding carboxylic acids is 3. The fourth-order valence-electron chi connectivity index (χ4n) is 6.68. The van der Waals surface area contributed by atoms with Crippen molar-refractivity contribution in [1.82, 2.24) is 0 Å². The predicted octanol–water partition coefficient (Wildman–Crippen LogP) is 17.0. The highest BCUT2D eigenvalue weighted by Crippen LogP contribution is 2.12. The van der Waals surface area contributed by atoms with Crippen LogP contribution in [0.15, 0.2) is 97.2 Å². The van der Waals surface area contributed by atoms with E-state index in [1.54, 1.807) is 0 Å². The molecule has 0 bridgehead atoms. The lowest BCUT2D eigenvalue weighted by molar-refractivity contribution is -0.166. The van der Waals surface area contributed by atoms with Gasteiger partial charge in [-0.3, -0.25) is 14.4 Å². The Morgan fingerprint density at radius 3 is 1.10 bits per heavy atom. The van der Waals surface area contributed by atoms with Gasteiger partial charge < -0.3 is 14.2 Å². The molecule has 0 radical (unpaired) electrons. The molecule has 0 saturated heterocycles. The maximum Gasteiger partial charge on any atom is 0.306 e. The predicted molar refractivity (Wildman–Crippen MR) is 270 cm³/mol. The molecular formula is C57H94O6. The van der Waals surface area contributed by atoms with Crippen LogP contribution >= 0.6 is 0 Å². The third-order valence-electron chi connectivity index (χ3n) is 10.6. The van der Waals surface area contributed by atoms with E-state index in [1.807, 2.05) is 12.2 Å². The zero-order chi connectivity index (χ0) is 45.8. The standard InChI is InChI=1S/C57H94O6/c1-4-7-10-13-16-19-22-24-25-26-27-28-29-30-31-33-35-38-41-44-47-50-56(59)62-53-54(52-61-55(58)49-46-43-40-37-34-21-18-15-12-9-6-3)63-57(60)51-48-45-42-39-36-32-23-20-17-14-11-8-5-2/h8,11,15,17-18,20,22,24,26-27,29-30,32,36,42,45,54H,4-7,9-10,12-14,16,19,21,23,25,28,31,33-35,37-41,43-44,46-53H2,1-3H3/b11-8-,18-15-,20-17-,24-22-,27-26-,30-29-,36-32-,45-42-. The average molecular weight is 875 g/mol. The Labute approximate surface area is 387 Å². The van der Waals surface area contributed by atoms with Crippen molar-refractivity contribution in [3.63, 3.8) is 0 Å². The molecule has 0 N–H and O–H groups in total. The Morgan fingerprint density at radius 1 is 0.333 bits per heavy atom. The summed E-state index contributed by atoms with van der Waals surface area (Å²) in [5.74, 6) is -1.03. The number of unbranched alkanes of at least 4 members (excludes halogenated alkanes) is 18. The molecule has 0 spiro atoms. The van der Waals surface area contributed by atoms with E-state index in [4.69, 9.17) is 14.2 Å². The minimum atomic E-state index is -0.824. The van der Waals surface area contributed by atoms with Gasteiger partial charge in [0.1, 0.15) is 13.2 Å². The Bertz CT molecular complexity index is 1280. The quantitative estimate of drug-likeness (QED) is 0.0262. The number of rotatable bonds is 45. The first-order valence-corrected chi connectivity index (χ1v) is 25.7. The van der Waals surface area contributed by atoms with E-state index in [9.17, 15) is 14.4 Å². The molecule has 0 aliphatic carbocycles. The summed E-state index contributed by atoms with van der Waals surface area (Å²) in [7, 11) is 0. The van der Waals surface area contributed by atoms with E-state index in [2.05, 4.69) is 106 Å².